The van der Waals surface area contributed by atoms with Gasteiger partial charge in [0.05, 0.1) is 33.1 Å². The molecule has 3 heterocycles. The molecule has 0 spiro atoms. The Morgan fingerprint density at radius 3 is 1.81 bits per heavy atom. The highest BCUT2D eigenvalue weighted by molar-refractivity contribution is 7.60. The van der Waals surface area contributed by atoms with Crippen molar-refractivity contribution in [3.8, 4) is 11.4 Å². The van der Waals surface area contributed by atoms with Gasteiger partial charge in [0, 0.05) is 58.0 Å². The molecule has 4 atom stereocenters. The molecule has 2 aliphatic rings. The van der Waals surface area contributed by atoms with E-state index in [0.29, 0.717) is 42.0 Å². The lowest BCUT2D eigenvalue weighted by atomic mass is 10.1. The minimum absolute atomic E-state index is 0.0223. The number of methoxy groups -OCH3 is 3. The number of amides is 3. The summed E-state index contributed by atoms with van der Waals surface area (Å²) < 4.78 is 37.3. The highest BCUT2D eigenvalue weighted by Crippen LogP contribution is 2.40. The molecule has 1 aromatic heterocycles. The monoisotopic (exact) mass is 940 g/mol. The maximum Gasteiger partial charge on any atom is 0.409 e. The van der Waals surface area contributed by atoms with Gasteiger partial charge in [0.1, 0.15) is 29.6 Å². The summed E-state index contributed by atoms with van der Waals surface area (Å²) in [7, 11) is -0.337. The molecule has 3 amide bonds. The SMILES string of the molecule is CCCCOC(=O)N1CCN(C(=O)[C@H](CP(=O)(N[C@@H](Cc2ccccc2)C(=O)OC)N[C@@H](Cc2ccccc2)C(=O)OC)NC(=O)c2cc(N3CC[C@H](OC)C3)nc(-c3ccccc3)n2)CC1. The molecule has 18 nitrogen and oxygen atoms in total. The first-order chi connectivity index (χ1) is 32.4. The molecular formula is C48H61N8O10P. The number of hydrogen-bond acceptors (Lipinski definition) is 13. The summed E-state index contributed by atoms with van der Waals surface area (Å²) in [5.41, 5.74) is 2.01. The third kappa shape index (κ3) is 14.2. The highest BCUT2D eigenvalue weighted by Gasteiger charge is 2.41. The van der Waals surface area contributed by atoms with Gasteiger partial charge >= 0.3 is 18.0 Å². The van der Waals surface area contributed by atoms with E-state index in [9.17, 15) is 24.0 Å². The van der Waals surface area contributed by atoms with E-state index >= 15 is 4.57 Å². The van der Waals surface area contributed by atoms with Crippen molar-refractivity contribution in [1.82, 2.24) is 35.3 Å². The Kier molecular flexibility index (Phi) is 18.4. The van der Waals surface area contributed by atoms with Crippen LogP contribution in [0.25, 0.3) is 11.4 Å². The van der Waals surface area contributed by atoms with Crippen LogP contribution in [0.5, 0.6) is 0 Å². The van der Waals surface area contributed by atoms with E-state index in [1.54, 1.807) is 61.7 Å². The predicted octanol–water partition coefficient (Wildman–Crippen LogP) is 4.49. The van der Waals surface area contributed by atoms with E-state index in [-0.39, 0.29) is 63.2 Å². The lowest BCUT2D eigenvalue weighted by Crippen LogP contribution is -2.58. The fraction of sp³-hybridized carbons (Fsp3) is 0.438. The van der Waals surface area contributed by atoms with Gasteiger partial charge in [-0.15, -0.1) is 0 Å². The highest BCUT2D eigenvalue weighted by atomic mass is 31.2. The van der Waals surface area contributed by atoms with Crippen molar-refractivity contribution in [2.24, 2.45) is 0 Å². The number of nitrogens with one attached hydrogen (secondary N) is 3. The van der Waals surface area contributed by atoms with Crippen LogP contribution in [0.4, 0.5) is 10.6 Å². The van der Waals surface area contributed by atoms with Crippen molar-refractivity contribution in [3.63, 3.8) is 0 Å². The van der Waals surface area contributed by atoms with Gasteiger partial charge in [0.25, 0.3) is 5.91 Å². The summed E-state index contributed by atoms with van der Waals surface area (Å²) in [6.45, 7) is 3.82. The van der Waals surface area contributed by atoms with E-state index in [1.807, 2.05) is 54.3 Å². The third-order valence-corrected chi connectivity index (χ3v) is 14.0. The molecule has 358 valence electrons. The first kappa shape index (κ1) is 50.2. The number of ether oxygens (including phenoxy) is 4. The predicted molar refractivity (Wildman–Crippen MR) is 251 cm³/mol. The molecule has 2 saturated heterocycles. The smallest absolute Gasteiger partial charge is 0.409 e. The van der Waals surface area contributed by atoms with Gasteiger partial charge in [-0.1, -0.05) is 104 Å². The Bertz CT molecular complexity index is 2250. The average molecular weight is 941 g/mol. The van der Waals surface area contributed by atoms with Crippen LogP contribution in [-0.4, -0.2) is 147 Å². The van der Waals surface area contributed by atoms with Gasteiger partial charge in [-0.05, 0) is 36.8 Å². The van der Waals surface area contributed by atoms with Crippen LogP contribution < -0.4 is 20.4 Å². The lowest BCUT2D eigenvalue weighted by molar-refractivity contribution is -0.143. The minimum Gasteiger partial charge on any atom is -0.468 e. The quantitative estimate of drug-likeness (QED) is 0.0455. The number of aromatic nitrogens is 2. The normalized spacial score (nSPS) is 16.4. The molecule has 19 heteroatoms. The summed E-state index contributed by atoms with van der Waals surface area (Å²) in [4.78, 5) is 84.1. The summed E-state index contributed by atoms with van der Waals surface area (Å²) in [6, 6.07) is 24.7. The summed E-state index contributed by atoms with van der Waals surface area (Å²) in [6.07, 6.45) is 1.18. The van der Waals surface area contributed by atoms with Crippen molar-refractivity contribution in [2.45, 2.75) is 63.3 Å². The average Bonchev–Trinajstić information content (AvgIpc) is 3.86. The summed E-state index contributed by atoms with van der Waals surface area (Å²) in [5.74, 6) is -2.15. The maximum absolute atomic E-state index is 15.9. The molecule has 2 aliphatic heterocycles. The van der Waals surface area contributed by atoms with Crippen LogP contribution in [0.2, 0.25) is 0 Å². The molecule has 67 heavy (non-hydrogen) atoms. The number of rotatable bonds is 21. The fourth-order valence-corrected chi connectivity index (χ4v) is 10.4. The number of unbranched alkanes of at least 4 members (excludes halogenated alkanes) is 1. The zero-order valence-corrected chi connectivity index (χ0v) is 39.4. The van der Waals surface area contributed by atoms with Crippen LogP contribution in [0.15, 0.2) is 97.1 Å². The topological polar surface area (TPSA) is 211 Å². The Morgan fingerprint density at radius 2 is 1.28 bits per heavy atom. The van der Waals surface area contributed by atoms with Gasteiger partial charge in [-0.25, -0.2) is 24.9 Å². The molecule has 3 N–H and O–H groups in total. The van der Waals surface area contributed by atoms with Gasteiger partial charge < -0.3 is 39.0 Å². The Balaban J connectivity index is 1.39. The van der Waals surface area contributed by atoms with Crippen LogP contribution in [0.1, 0.15) is 47.8 Å². The standard InChI is InChI=1S/C48H61N8O10P/c1-5-6-28-66-48(61)55-26-24-54(25-27-55)45(58)41(50-44(57)38-31-42(56-23-22-37(32-56)63-2)51-43(49-38)36-20-14-9-15-21-36)33-67(62,52-39(46(59)64-3)29-34-16-10-7-11-17-34)53-40(47(60)65-4)30-35-18-12-8-13-19-35/h7-21,31,37,39-41H,5-6,22-30,32-33H2,1-4H3,(H,50,57)(H2,52,53,62)/t37-,39-,40-,41-/m0/s1. The van der Waals surface area contributed by atoms with Crippen molar-refractivity contribution >= 4 is 43.1 Å². The molecule has 6 rings (SSSR count). The van der Waals surface area contributed by atoms with E-state index in [1.165, 1.54) is 24.0 Å². The molecule has 0 saturated carbocycles. The largest absolute Gasteiger partial charge is 0.468 e. The van der Waals surface area contributed by atoms with Gasteiger partial charge in [0.2, 0.25) is 13.4 Å². The van der Waals surface area contributed by atoms with Crippen LogP contribution in [0.3, 0.4) is 0 Å². The Hall–Kier alpha value is -6.20. The number of benzene rings is 3. The van der Waals surface area contributed by atoms with Gasteiger partial charge in [0.15, 0.2) is 5.82 Å². The molecule has 4 aromatic rings. The number of carbonyl (C=O) groups excluding carboxylic acids is 5. The molecule has 3 aromatic carbocycles. The number of piperazine rings is 1. The fourth-order valence-electron chi connectivity index (χ4n) is 7.95. The van der Waals surface area contributed by atoms with Crippen molar-refractivity contribution in [2.75, 3.05) is 78.3 Å². The van der Waals surface area contributed by atoms with Crippen molar-refractivity contribution in [1.29, 1.82) is 0 Å². The van der Waals surface area contributed by atoms with E-state index in [2.05, 4.69) is 20.5 Å². The second kappa shape index (κ2) is 24.5. The number of anilines is 1. The molecular weight excluding hydrogens is 880 g/mol. The number of carbonyl (C=O) groups is 5. The molecule has 2 fully saturated rings. The van der Waals surface area contributed by atoms with Crippen LogP contribution in [-0.2, 0) is 50.7 Å². The number of hydrogen-bond donors (Lipinski definition) is 3. The molecule has 0 radical (unpaired) electrons. The van der Waals surface area contributed by atoms with Crippen molar-refractivity contribution < 1.29 is 47.5 Å². The zero-order chi connectivity index (χ0) is 47.8. The summed E-state index contributed by atoms with van der Waals surface area (Å²) >= 11 is 0. The number of esters is 2. The molecule has 0 bridgehead atoms. The first-order valence-corrected chi connectivity index (χ1v) is 24.4. The van der Waals surface area contributed by atoms with Gasteiger partial charge in [-0.2, -0.15) is 0 Å². The minimum atomic E-state index is -4.39. The summed E-state index contributed by atoms with van der Waals surface area (Å²) in [5, 5.41) is 8.82. The van der Waals surface area contributed by atoms with E-state index in [0.717, 1.165) is 12.8 Å². The second-order valence-electron chi connectivity index (χ2n) is 16.4. The molecule has 0 aliphatic carbocycles. The Morgan fingerprint density at radius 1 is 0.731 bits per heavy atom. The second-order valence-corrected chi connectivity index (χ2v) is 18.8. The van der Waals surface area contributed by atoms with E-state index < -0.39 is 61.6 Å². The Labute approximate surface area is 391 Å². The van der Waals surface area contributed by atoms with Crippen molar-refractivity contribution in [3.05, 3.63) is 114 Å². The third-order valence-electron chi connectivity index (χ3n) is 11.7. The number of nitrogens with zero attached hydrogens (tertiary/aromatic N) is 5. The van der Waals surface area contributed by atoms with Crippen LogP contribution in [0, 0.1) is 0 Å². The molecule has 0 unspecified atom stereocenters. The maximum atomic E-state index is 15.9. The zero-order valence-electron chi connectivity index (χ0n) is 38.5. The van der Waals surface area contributed by atoms with E-state index in [4.69, 9.17) is 23.9 Å². The lowest BCUT2D eigenvalue weighted by Gasteiger charge is -2.37. The van der Waals surface area contributed by atoms with Crippen LogP contribution >= 0.6 is 7.44 Å². The van der Waals surface area contributed by atoms with Gasteiger partial charge in [-0.3, -0.25) is 23.7 Å². The first-order valence-electron chi connectivity index (χ1n) is 22.5.